The fourth-order valence-corrected chi connectivity index (χ4v) is 2.74. The monoisotopic (exact) mass is 271 g/mol. The Labute approximate surface area is 117 Å². The van der Waals surface area contributed by atoms with Crippen molar-refractivity contribution in [3.05, 3.63) is 29.3 Å². The molecule has 0 spiro atoms. The molecule has 3 aromatic rings. The number of ether oxygens (including phenoxy) is 1. The van der Waals surface area contributed by atoms with Crippen molar-refractivity contribution in [3.63, 3.8) is 0 Å². The van der Waals surface area contributed by atoms with Crippen molar-refractivity contribution in [2.75, 3.05) is 7.11 Å². The number of nitrogens with zero attached hydrogens (tertiary/aromatic N) is 3. The van der Waals surface area contributed by atoms with Crippen LogP contribution in [0, 0.1) is 13.8 Å². The van der Waals surface area contributed by atoms with Crippen molar-refractivity contribution in [1.82, 2.24) is 15.0 Å². The van der Waals surface area contributed by atoms with E-state index < -0.39 is 0 Å². The van der Waals surface area contributed by atoms with Crippen LogP contribution in [0.25, 0.3) is 16.7 Å². The Bertz CT molecular complexity index is 792. The van der Waals surface area contributed by atoms with Gasteiger partial charge in [0.05, 0.1) is 12.8 Å². The van der Waals surface area contributed by atoms with E-state index in [2.05, 4.69) is 33.2 Å². The summed E-state index contributed by atoms with van der Waals surface area (Å²) in [6.45, 7) is 6.29. The van der Waals surface area contributed by atoms with Crippen LogP contribution in [0.5, 0.6) is 5.88 Å². The van der Waals surface area contributed by atoms with E-state index in [0.29, 0.717) is 5.88 Å². The minimum atomic E-state index is 0.609. The van der Waals surface area contributed by atoms with E-state index in [0.717, 1.165) is 46.7 Å². The van der Waals surface area contributed by atoms with Gasteiger partial charge in [0.1, 0.15) is 11.2 Å². The quantitative estimate of drug-likeness (QED) is 0.743. The lowest BCUT2D eigenvalue weighted by Gasteiger charge is -2.02. The highest BCUT2D eigenvalue weighted by atomic mass is 16.5. The van der Waals surface area contributed by atoms with Gasteiger partial charge in [-0.15, -0.1) is 0 Å². The molecule has 3 aromatic heterocycles. The van der Waals surface area contributed by atoms with Gasteiger partial charge in [-0.3, -0.25) is 4.98 Å². The third-order valence-corrected chi connectivity index (χ3v) is 3.55. The van der Waals surface area contributed by atoms with E-state index in [-0.39, 0.29) is 0 Å². The number of imidazole rings is 1. The Morgan fingerprint density at radius 2 is 2.05 bits per heavy atom. The molecule has 0 amide bonds. The lowest BCUT2D eigenvalue weighted by Crippen LogP contribution is -2.28. The van der Waals surface area contributed by atoms with Gasteiger partial charge < -0.3 is 4.74 Å². The molecule has 5 heteroatoms. The number of hydrogen-bond donors (Lipinski definition) is 1. The summed E-state index contributed by atoms with van der Waals surface area (Å²) < 4.78 is 7.43. The third-order valence-electron chi connectivity index (χ3n) is 3.55. The number of methoxy groups -OCH3 is 1. The smallest absolute Gasteiger partial charge is 0.297 e. The fraction of sp³-hybridized carbons (Fsp3) is 0.400. The molecule has 0 fully saturated rings. The van der Waals surface area contributed by atoms with E-state index in [1.165, 1.54) is 0 Å². The Kier molecular flexibility index (Phi) is 3.04. The van der Waals surface area contributed by atoms with Crippen LogP contribution in [0.1, 0.15) is 30.6 Å². The van der Waals surface area contributed by atoms with Gasteiger partial charge in [0.25, 0.3) is 11.5 Å². The molecule has 3 heterocycles. The van der Waals surface area contributed by atoms with Crippen LogP contribution in [0.2, 0.25) is 0 Å². The average molecular weight is 271 g/mol. The second-order valence-corrected chi connectivity index (χ2v) is 5.02. The number of rotatable bonds is 3. The maximum absolute atomic E-state index is 5.25. The number of aryl methyl sites for hydroxylation is 3. The van der Waals surface area contributed by atoms with Crippen molar-refractivity contribution in [3.8, 4) is 5.88 Å². The lowest BCUT2D eigenvalue weighted by atomic mass is 10.3. The van der Waals surface area contributed by atoms with E-state index in [4.69, 9.17) is 4.74 Å². The minimum absolute atomic E-state index is 0.609. The zero-order valence-electron chi connectivity index (χ0n) is 12.3. The van der Waals surface area contributed by atoms with Gasteiger partial charge in [-0.05, 0) is 26.3 Å². The fourth-order valence-electron chi connectivity index (χ4n) is 2.74. The van der Waals surface area contributed by atoms with Crippen LogP contribution in [0.3, 0.4) is 0 Å². The molecule has 0 aromatic carbocycles. The molecule has 104 valence electrons. The van der Waals surface area contributed by atoms with Crippen molar-refractivity contribution in [2.45, 2.75) is 33.6 Å². The largest absolute Gasteiger partial charge is 0.469 e. The highest BCUT2D eigenvalue weighted by Crippen LogP contribution is 2.18. The van der Waals surface area contributed by atoms with Crippen LogP contribution in [-0.4, -0.2) is 22.1 Å². The summed E-state index contributed by atoms with van der Waals surface area (Å²) in [6.07, 6.45) is 2.06. The summed E-state index contributed by atoms with van der Waals surface area (Å²) in [5.74, 6) is 1.77. The molecule has 0 aliphatic heterocycles. The van der Waals surface area contributed by atoms with Crippen LogP contribution >= 0.6 is 0 Å². The summed E-state index contributed by atoms with van der Waals surface area (Å²) in [5, 5.41) is 0. The second kappa shape index (κ2) is 4.74. The van der Waals surface area contributed by atoms with Crippen LogP contribution in [0.4, 0.5) is 0 Å². The van der Waals surface area contributed by atoms with Gasteiger partial charge >= 0.3 is 0 Å². The molecule has 0 saturated carbocycles. The van der Waals surface area contributed by atoms with Gasteiger partial charge in [0.15, 0.2) is 5.52 Å². The molecule has 0 saturated heterocycles. The molecule has 5 nitrogen and oxygen atoms in total. The van der Waals surface area contributed by atoms with E-state index in [1.807, 2.05) is 19.1 Å². The zero-order chi connectivity index (χ0) is 14.3. The number of pyridine rings is 1. The summed E-state index contributed by atoms with van der Waals surface area (Å²) in [5.41, 5.74) is 4.99. The number of aromatic amines is 1. The molecule has 20 heavy (non-hydrogen) atoms. The minimum Gasteiger partial charge on any atom is -0.469 e. The molecule has 0 aliphatic carbocycles. The summed E-state index contributed by atoms with van der Waals surface area (Å²) in [7, 11) is 1.63. The standard InChI is InChI=1S/C15H18N4O/c1-5-6-12-17-10(3)14-9(2)16-11-7-8-13(20-4)18-15(11)19(12)14/h7-8H,5-6H2,1-4H3/p+1. The molecule has 0 unspecified atom stereocenters. The first kappa shape index (κ1) is 12.8. The molecular weight excluding hydrogens is 252 g/mol. The van der Waals surface area contributed by atoms with Crippen molar-refractivity contribution >= 4 is 16.7 Å². The maximum atomic E-state index is 5.25. The molecular formula is C15H19N4O+. The molecule has 0 radical (unpaired) electrons. The number of aromatic nitrogens is 4. The summed E-state index contributed by atoms with van der Waals surface area (Å²) in [6, 6.07) is 3.80. The Balaban J connectivity index is 2.47. The number of fused-ring (bicyclic) bond motifs is 3. The van der Waals surface area contributed by atoms with Crippen molar-refractivity contribution in [2.24, 2.45) is 0 Å². The Morgan fingerprint density at radius 1 is 1.25 bits per heavy atom. The highest BCUT2D eigenvalue weighted by molar-refractivity contribution is 5.70. The topological polar surface area (TPSA) is 54.9 Å². The molecule has 0 bridgehead atoms. The van der Waals surface area contributed by atoms with Gasteiger partial charge in [-0.1, -0.05) is 11.9 Å². The second-order valence-electron chi connectivity index (χ2n) is 5.02. The van der Waals surface area contributed by atoms with Crippen LogP contribution < -0.4 is 9.14 Å². The predicted molar refractivity (Wildman–Crippen MR) is 77.1 cm³/mol. The third kappa shape index (κ3) is 1.81. The number of nitrogens with one attached hydrogen (secondary N) is 1. The molecule has 0 aliphatic rings. The summed E-state index contributed by atoms with van der Waals surface area (Å²) in [4.78, 5) is 12.7. The van der Waals surface area contributed by atoms with E-state index >= 15 is 0 Å². The molecule has 1 N–H and O–H groups in total. The zero-order valence-corrected chi connectivity index (χ0v) is 12.3. The molecule has 0 atom stereocenters. The van der Waals surface area contributed by atoms with Crippen LogP contribution in [0.15, 0.2) is 12.1 Å². The van der Waals surface area contributed by atoms with E-state index in [9.17, 15) is 0 Å². The first-order valence-corrected chi connectivity index (χ1v) is 6.90. The van der Waals surface area contributed by atoms with Gasteiger partial charge in [-0.25, -0.2) is 4.98 Å². The first-order valence-electron chi connectivity index (χ1n) is 6.90. The molecule has 3 rings (SSSR count). The first-order chi connectivity index (χ1) is 9.65. The normalized spacial score (nSPS) is 11.4. The predicted octanol–water partition coefficient (Wildman–Crippen LogP) is 2.27. The van der Waals surface area contributed by atoms with Gasteiger partial charge in [-0.2, -0.15) is 4.40 Å². The van der Waals surface area contributed by atoms with Crippen molar-refractivity contribution < 1.29 is 9.14 Å². The van der Waals surface area contributed by atoms with Crippen LogP contribution in [-0.2, 0) is 6.42 Å². The van der Waals surface area contributed by atoms with Gasteiger partial charge in [0.2, 0.25) is 5.82 Å². The maximum Gasteiger partial charge on any atom is 0.297 e. The Hall–Kier alpha value is -2.17. The lowest BCUT2D eigenvalue weighted by molar-refractivity contribution is -0.494. The number of H-pyrrole nitrogens is 1. The van der Waals surface area contributed by atoms with Crippen molar-refractivity contribution in [1.29, 1.82) is 0 Å². The highest BCUT2D eigenvalue weighted by Gasteiger charge is 2.21. The van der Waals surface area contributed by atoms with E-state index in [1.54, 1.807) is 7.11 Å². The average Bonchev–Trinajstić information content (AvgIpc) is 2.77. The van der Waals surface area contributed by atoms with Gasteiger partial charge in [0, 0.05) is 12.5 Å². The summed E-state index contributed by atoms with van der Waals surface area (Å²) >= 11 is 0. The Morgan fingerprint density at radius 3 is 2.75 bits per heavy atom. The number of hydrogen-bond acceptors (Lipinski definition) is 3. The SMILES string of the molecule is CCCc1[nH]c(C)c2c(C)nc3ccc(OC)nc3[n+]12.